The molecule has 7 aromatic rings. The summed E-state index contributed by atoms with van der Waals surface area (Å²) in [5, 5.41) is 16.1. The predicted molar refractivity (Wildman–Crippen MR) is 169 cm³/mol. The van der Waals surface area contributed by atoms with Crippen LogP contribution in [0.3, 0.4) is 0 Å². The Hall–Kier alpha value is -5.48. The van der Waals surface area contributed by atoms with Gasteiger partial charge in [-0.1, -0.05) is 109 Å². The number of fused-ring (bicyclic) bond motifs is 1. The lowest BCUT2D eigenvalue weighted by atomic mass is 9.77. The summed E-state index contributed by atoms with van der Waals surface area (Å²) in [6.07, 6.45) is 4.02. The van der Waals surface area contributed by atoms with E-state index in [0.717, 1.165) is 55.5 Å². The quantitative estimate of drug-likeness (QED) is 0.214. The molecule has 0 radical (unpaired) electrons. The van der Waals surface area contributed by atoms with Crippen LogP contribution in [0, 0.1) is 6.92 Å². The molecule has 42 heavy (non-hydrogen) atoms. The number of aromatic hydroxyl groups is 1. The smallest absolute Gasteiger partial charge is 0.138 e. The van der Waals surface area contributed by atoms with Gasteiger partial charge in [0, 0.05) is 23.3 Å². The Balaban J connectivity index is 1.46. The fourth-order valence-corrected chi connectivity index (χ4v) is 6.06. The second-order valence-electron chi connectivity index (χ2n) is 10.5. The summed E-state index contributed by atoms with van der Waals surface area (Å²) in [5.74, 6) is 0.250. The van der Waals surface area contributed by atoms with E-state index in [9.17, 15) is 5.11 Å². The number of hydrogen-bond donors (Lipinski definition) is 1. The van der Waals surface area contributed by atoms with E-state index in [1.54, 1.807) is 12.1 Å². The standard InChI is InChI=1S/C38H29N3O/c1-27-36(29-19-22-37-35(25-29)34(23-24-39-37)28-17-20-33(42)21-18-28)26-41(40-27)38(30-11-5-2-6-12-30,31-13-7-3-8-14-31)32-15-9-4-10-16-32/h2-26,42H,1H3. The molecule has 0 fully saturated rings. The lowest BCUT2D eigenvalue weighted by Gasteiger charge is -2.36. The van der Waals surface area contributed by atoms with Gasteiger partial charge < -0.3 is 5.11 Å². The minimum Gasteiger partial charge on any atom is -0.508 e. The number of aryl methyl sites for hydroxylation is 1. The zero-order valence-electron chi connectivity index (χ0n) is 23.2. The molecule has 202 valence electrons. The molecule has 4 nitrogen and oxygen atoms in total. The Bertz CT molecular complexity index is 1880. The van der Waals surface area contributed by atoms with Gasteiger partial charge in [-0.2, -0.15) is 5.10 Å². The van der Waals surface area contributed by atoms with Crippen LogP contribution in [-0.2, 0) is 5.54 Å². The fourth-order valence-electron chi connectivity index (χ4n) is 6.06. The van der Waals surface area contributed by atoms with Gasteiger partial charge in [0.05, 0.1) is 11.2 Å². The minimum absolute atomic E-state index is 0.250. The molecule has 0 saturated heterocycles. The molecule has 0 spiro atoms. The zero-order chi connectivity index (χ0) is 28.5. The van der Waals surface area contributed by atoms with Crippen molar-refractivity contribution in [2.75, 3.05) is 0 Å². The van der Waals surface area contributed by atoms with Crippen molar-refractivity contribution in [1.82, 2.24) is 14.8 Å². The average molecular weight is 544 g/mol. The van der Waals surface area contributed by atoms with E-state index in [2.05, 4.69) is 132 Å². The third-order valence-electron chi connectivity index (χ3n) is 8.05. The summed E-state index contributed by atoms with van der Waals surface area (Å²) in [6.45, 7) is 2.08. The molecule has 0 aliphatic heterocycles. The number of phenols is 1. The van der Waals surface area contributed by atoms with Crippen LogP contribution in [-0.4, -0.2) is 19.9 Å². The number of phenolic OH excluding ortho intramolecular Hbond substituents is 1. The van der Waals surface area contributed by atoms with Crippen molar-refractivity contribution in [1.29, 1.82) is 0 Å². The van der Waals surface area contributed by atoms with Gasteiger partial charge in [0.2, 0.25) is 0 Å². The fraction of sp³-hybridized carbons (Fsp3) is 0.0526. The Morgan fingerprint density at radius 1 is 0.595 bits per heavy atom. The molecule has 1 N–H and O–H groups in total. The van der Waals surface area contributed by atoms with E-state index in [0.29, 0.717) is 0 Å². The Morgan fingerprint density at radius 3 is 1.71 bits per heavy atom. The largest absolute Gasteiger partial charge is 0.508 e. The molecule has 0 saturated carbocycles. The van der Waals surface area contributed by atoms with Crippen molar-refractivity contribution in [3.8, 4) is 28.0 Å². The van der Waals surface area contributed by atoms with E-state index < -0.39 is 5.54 Å². The van der Waals surface area contributed by atoms with Crippen molar-refractivity contribution in [3.63, 3.8) is 0 Å². The van der Waals surface area contributed by atoms with Crippen molar-refractivity contribution < 1.29 is 5.11 Å². The van der Waals surface area contributed by atoms with Crippen molar-refractivity contribution in [2.45, 2.75) is 12.5 Å². The summed E-state index contributed by atoms with van der Waals surface area (Å²) >= 11 is 0. The third kappa shape index (κ3) is 4.25. The lowest BCUT2D eigenvalue weighted by molar-refractivity contribution is 0.458. The number of pyridine rings is 1. The van der Waals surface area contributed by atoms with Crippen molar-refractivity contribution in [3.05, 3.63) is 174 Å². The maximum Gasteiger partial charge on any atom is 0.138 e. The summed E-state index contributed by atoms with van der Waals surface area (Å²) in [6, 6.07) is 47.6. The highest BCUT2D eigenvalue weighted by atomic mass is 16.3. The van der Waals surface area contributed by atoms with E-state index in [1.807, 2.05) is 24.4 Å². The Morgan fingerprint density at radius 2 is 1.14 bits per heavy atom. The normalized spacial score (nSPS) is 11.5. The molecule has 2 heterocycles. The first-order valence-corrected chi connectivity index (χ1v) is 14.1. The number of aromatic nitrogens is 3. The zero-order valence-corrected chi connectivity index (χ0v) is 23.2. The molecule has 0 amide bonds. The molecule has 0 aliphatic rings. The van der Waals surface area contributed by atoms with Crippen LogP contribution < -0.4 is 0 Å². The van der Waals surface area contributed by atoms with Crippen LogP contribution in [0.15, 0.2) is 152 Å². The van der Waals surface area contributed by atoms with Crippen molar-refractivity contribution >= 4 is 10.9 Å². The maximum atomic E-state index is 9.83. The molecule has 2 aromatic heterocycles. The number of hydrogen-bond acceptors (Lipinski definition) is 3. The minimum atomic E-state index is -0.678. The van der Waals surface area contributed by atoms with E-state index >= 15 is 0 Å². The number of nitrogens with zero attached hydrogens (tertiary/aromatic N) is 3. The van der Waals surface area contributed by atoms with Gasteiger partial charge in [0.1, 0.15) is 11.3 Å². The highest BCUT2D eigenvalue weighted by Crippen LogP contribution is 2.42. The average Bonchev–Trinajstić information content (AvgIpc) is 3.44. The summed E-state index contributed by atoms with van der Waals surface area (Å²) < 4.78 is 2.13. The summed E-state index contributed by atoms with van der Waals surface area (Å²) in [5.41, 5.74) is 8.81. The van der Waals surface area contributed by atoms with Crippen LogP contribution >= 0.6 is 0 Å². The molecular formula is C38H29N3O. The van der Waals surface area contributed by atoms with Gasteiger partial charge in [-0.3, -0.25) is 9.67 Å². The topological polar surface area (TPSA) is 50.9 Å². The third-order valence-corrected chi connectivity index (χ3v) is 8.05. The van der Waals surface area contributed by atoms with Gasteiger partial charge in [-0.05, 0) is 70.6 Å². The predicted octanol–water partition coefficient (Wildman–Crippen LogP) is 8.62. The van der Waals surface area contributed by atoms with Gasteiger partial charge in [-0.25, -0.2) is 0 Å². The molecular weight excluding hydrogens is 514 g/mol. The van der Waals surface area contributed by atoms with Gasteiger partial charge >= 0.3 is 0 Å². The Kier molecular flexibility index (Phi) is 6.37. The maximum absolute atomic E-state index is 9.83. The van der Waals surface area contributed by atoms with E-state index in [-0.39, 0.29) is 5.75 Å². The van der Waals surface area contributed by atoms with Crippen LogP contribution in [0.4, 0.5) is 0 Å². The molecule has 5 aromatic carbocycles. The number of rotatable bonds is 6. The highest BCUT2D eigenvalue weighted by molar-refractivity contribution is 5.97. The van der Waals surface area contributed by atoms with Crippen LogP contribution in [0.2, 0.25) is 0 Å². The highest BCUT2D eigenvalue weighted by Gasteiger charge is 2.39. The molecule has 0 bridgehead atoms. The summed E-state index contributed by atoms with van der Waals surface area (Å²) in [7, 11) is 0. The molecule has 4 heteroatoms. The van der Waals surface area contributed by atoms with Gasteiger partial charge in [0.15, 0.2) is 0 Å². The van der Waals surface area contributed by atoms with Crippen LogP contribution in [0.25, 0.3) is 33.2 Å². The van der Waals surface area contributed by atoms with Crippen LogP contribution in [0.5, 0.6) is 5.75 Å². The van der Waals surface area contributed by atoms with Crippen LogP contribution in [0.1, 0.15) is 22.4 Å². The van der Waals surface area contributed by atoms with E-state index in [1.165, 1.54) is 0 Å². The molecule has 0 atom stereocenters. The SMILES string of the molecule is Cc1nn(C(c2ccccc2)(c2ccccc2)c2ccccc2)cc1-c1ccc2nccc(-c3ccc(O)cc3)c2c1. The van der Waals surface area contributed by atoms with Gasteiger partial charge in [-0.15, -0.1) is 0 Å². The van der Waals surface area contributed by atoms with E-state index in [4.69, 9.17) is 5.10 Å². The lowest BCUT2D eigenvalue weighted by Crippen LogP contribution is -2.38. The Labute approximate surface area is 245 Å². The first-order chi connectivity index (χ1) is 20.6. The summed E-state index contributed by atoms with van der Waals surface area (Å²) in [4.78, 5) is 4.64. The number of benzene rings is 5. The first-order valence-electron chi connectivity index (χ1n) is 14.1. The van der Waals surface area contributed by atoms with Crippen molar-refractivity contribution in [2.24, 2.45) is 0 Å². The second-order valence-corrected chi connectivity index (χ2v) is 10.5. The second kappa shape index (κ2) is 10.5. The first kappa shape index (κ1) is 25.5. The van der Waals surface area contributed by atoms with Gasteiger partial charge in [0.25, 0.3) is 0 Å². The monoisotopic (exact) mass is 543 g/mol. The molecule has 7 rings (SSSR count). The molecule has 0 aliphatic carbocycles. The molecule has 0 unspecified atom stereocenters.